The van der Waals surface area contributed by atoms with Gasteiger partial charge in [-0.2, -0.15) is 0 Å². The molecule has 0 saturated carbocycles. The van der Waals surface area contributed by atoms with Gasteiger partial charge in [-0.3, -0.25) is 13.8 Å². The highest BCUT2D eigenvalue weighted by atomic mass is 31.2. The van der Waals surface area contributed by atoms with E-state index < -0.39 is 20.0 Å². The van der Waals surface area contributed by atoms with Gasteiger partial charge in [0.25, 0.3) is 0 Å². The van der Waals surface area contributed by atoms with E-state index in [1.54, 1.807) is 6.08 Å². The van der Waals surface area contributed by atoms with Gasteiger partial charge >= 0.3 is 7.82 Å². The zero-order chi connectivity index (χ0) is 56.3. The Kier molecular flexibility index (Phi) is 56.1. The minimum atomic E-state index is -4.35. The Morgan fingerprint density at radius 2 is 0.779 bits per heavy atom. The van der Waals surface area contributed by atoms with E-state index in [-0.39, 0.29) is 19.1 Å². The highest BCUT2D eigenvalue weighted by Gasteiger charge is 2.27. The van der Waals surface area contributed by atoms with Crippen LogP contribution in [0.15, 0.2) is 97.2 Å². The number of hydrogen-bond acceptors (Lipinski definition) is 5. The number of amides is 1. The maximum Gasteiger partial charge on any atom is 0.472 e. The third-order valence-electron chi connectivity index (χ3n) is 14.1. The molecule has 0 aliphatic rings. The van der Waals surface area contributed by atoms with Gasteiger partial charge in [-0.15, -0.1) is 0 Å². The highest BCUT2D eigenvalue weighted by Crippen LogP contribution is 2.43. The number of nitrogens with one attached hydrogen (secondary N) is 1. The number of phosphoric ester groups is 1. The third kappa shape index (κ3) is 60.9. The lowest BCUT2D eigenvalue weighted by molar-refractivity contribution is -0.870. The smallest absolute Gasteiger partial charge is 0.387 e. The summed E-state index contributed by atoms with van der Waals surface area (Å²) >= 11 is 0. The highest BCUT2D eigenvalue weighted by molar-refractivity contribution is 7.47. The van der Waals surface area contributed by atoms with E-state index in [2.05, 4.69) is 104 Å². The molecule has 0 aliphatic heterocycles. The molecule has 77 heavy (non-hydrogen) atoms. The van der Waals surface area contributed by atoms with Gasteiger partial charge in [0.2, 0.25) is 5.91 Å². The van der Waals surface area contributed by atoms with Crippen molar-refractivity contribution in [2.24, 2.45) is 0 Å². The van der Waals surface area contributed by atoms with Crippen LogP contribution in [0.5, 0.6) is 0 Å². The Labute approximate surface area is 477 Å². The minimum absolute atomic E-state index is 0.0603. The fraction of sp³-hybridized carbons (Fsp3) is 0.750. The standard InChI is InChI=1S/C68H123N2O6P/c1-6-8-10-12-14-16-18-20-22-23-24-25-26-27-28-29-30-31-32-33-34-35-36-37-38-39-40-41-42-43-44-45-46-47-48-50-52-54-56-58-60-62-68(72)69-66(65-76-77(73,74)75-64-63-70(3,4)5)67(71)61-59-57-55-53-51-49-21-19-17-15-13-11-9-7-2/h8,10,14,16,20,22,24-25,27-28,30-31,33-34,59,61,66-67,71H,6-7,9,11-13,15,17-19,21,23,26,29,32,35-58,60,62-65H2,1-5H3,(H-,69,72,73,74)/p+1/b10-8-,16-14-,22-20-,25-24-,28-27-,31-30-,34-33-,61-59+. The van der Waals surface area contributed by atoms with E-state index in [1.165, 1.54) is 173 Å². The minimum Gasteiger partial charge on any atom is -0.387 e. The van der Waals surface area contributed by atoms with E-state index in [4.69, 9.17) is 9.05 Å². The second kappa shape index (κ2) is 58.1. The van der Waals surface area contributed by atoms with Crippen LogP contribution >= 0.6 is 7.82 Å². The summed E-state index contributed by atoms with van der Waals surface area (Å²) in [6.07, 6.45) is 83.9. The van der Waals surface area contributed by atoms with Gasteiger partial charge in [-0.05, 0) is 77.0 Å². The van der Waals surface area contributed by atoms with Crippen molar-refractivity contribution < 1.29 is 32.9 Å². The molecule has 1 amide bonds. The molecule has 0 rings (SSSR count). The second-order valence-electron chi connectivity index (χ2n) is 22.8. The zero-order valence-corrected chi connectivity index (χ0v) is 51.8. The van der Waals surface area contributed by atoms with Crippen LogP contribution in [0.4, 0.5) is 0 Å². The molecule has 0 aromatic heterocycles. The Morgan fingerprint density at radius 1 is 0.455 bits per heavy atom. The maximum absolute atomic E-state index is 13.0. The fourth-order valence-corrected chi connectivity index (χ4v) is 9.82. The van der Waals surface area contributed by atoms with Crippen LogP contribution in [-0.2, 0) is 18.4 Å². The van der Waals surface area contributed by atoms with E-state index in [0.29, 0.717) is 17.4 Å². The SMILES string of the molecule is CC/C=C\C/C=C\C/C=C\C/C=C\C/C=C\C/C=C\C/C=C\CCCCCCCCCCCCCCCCCCCCCC(=O)NC(COP(=O)(O)OCC[N+](C)(C)C)C(O)/C=C/CCCCCCCCCCCCCC. The molecule has 446 valence electrons. The summed E-state index contributed by atoms with van der Waals surface area (Å²) in [6, 6.07) is -0.848. The number of carbonyl (C=O) groups is 1. The molecular formula is C68H124N2O6P+. The summed E-state index contributed by atoms with van der Waals surface area (Å²) in [5.74, 6) is -0.176. The molecule has 0 fully saturated rings. The average Bonchev–Trinajstić information content (AvgIpc) is 3.39. The Balaban J connectivity index is 3.94. The molecule has 0 heterocycles. The predicted octanol–water partition coefficient (Wildman–Crippen LogP) is 20.2. The van der Waals surface area contributed by atoms with Crippen LogP contribution in [0.25, 0.3) is 0 Å². The predicted molar refractivity (Wildman–Crippen MR) is 336 cm³/mol. The van der Waals surface area contributed by atoms with Crippen molar-refractivity contribution in [2.75, 3.05) is 40.9 Å². The van der Waals surface area contributed by atoms with Gasteiger partial charge in [-0.1, -0.05) is 291 Å². The molecular weight excluding hydrogens is 972 g/mol. The summed E-state index contributed by atoms with van der Waals surface area (Å²) in [7, 11) is 1.57. The summed E-state index contributed by atoms with van der Waals surface area (Å²) in [5.41, 5.74) is 0. The monoisotopic (exact) mass is 1100 g/mol. The summed E-state index contributed by atoms with van der Waals surface area (Å²) in [6.45, 7) is 4.71. The number of allylic oxidation sites excluding steroid dienone is 15. The number of nitrogens with zero attached hydrogens (tertiary/aromatic N) is 1. The lowest BCUT2D eigenvalue weighted by Gasteiger charge is -2.25. The average molecular weight is 1100 g/mol. The van der Waals surface area contributed by atoms with Crippen LogP contribution in [0.2, 0.25) is 0 Å². The van der Waals surface area contributed by atoms with Gasteiger partial charge in [-0.25, -0.2) is 4.57 Å². The first-order valence-electron chi connectivity index (χ1n) is 32.1. The number of quaternary nitrogens is 1. The van der Waals surface area contributed by atoms with Crippen LogP contribution in [0, 0.1) is 0 Å². The lowest BCUT2D eigenvalue weighted by atomic mass is 10.0. The van der Waals surface area contributed by atoms with Crippen LogP contribution < -0.4 is 5.32 Å². The molecule has 0 spiro atoms. The fourth-order valence-electron chi connectivity index (χ4n) is 9.08. The van der Waals surface area contributed by atoms with Crippen molar-refractivity contribution >= 4 is 13.7 Å². The van der Waals surface area contributed by atoms with Gasteiger partial charge < -0.3 is 19.8 Å². The van der Waals surface area contributed by atoms with Crippen LogP contribution in [-0.4, -0.2) is 73.4 Å². The Morgan fingerprint density at radius 3 is 1.14 bits per heavy atom. The van der Waals surface area contributed by atoms with Crippen molar-refractivity contribution in [3.8, 4) is 0 Å². The largest absolute Gasteiger partial charge is 0.472 e. The number of carbonyl (C=O) groups excluding carboxylic acids is 1. The molecule has 0 aliphatic carbocycles. The number of rotatable bonds is 58. The Bertz CT molecular complexity index is 1570. The number of hydrogen-bond donors (Lipinski definition) is 3. The number of likely N-dealkylation sites (N-methyl/N-ethyl adjacent to an activating group) is 1. The first-order valence-corrected chi connectivity index (χ1v) is 33.6. The second-order valence-corrected chi connectivity index (χ2v) is 24.2. The zero-order valence-electron chi connectivity index (χ0n) is 50.9. The molecule has 0 radical (unpaired) electrons. The van der Waals surface area contributed by atoms with Gasteiger partial charge in [0.05, 0.1) is 39.9 Å². The van der Waals surface area contributed by atoms with Crippen molar-refractivity contribution in [2.45, 2.75) is 289 Å². The molecule has 3 atom stereocenters. The number of unbranched alkanes of at least 4 members (excludes halogenated alkanes) is 31. The lowest BCUT2D eigenvalue weighted by Crippen LogP contribution is -2.45. The number of aliphatic hydroxyl groups is 1. The van der Waals surface area contributed by atoms with Crippen LogP contribution in [0.3, 0.4) is 0 Å². The van der Waals surface area contributed by atoms with E-state index >= 15 is 0 Å². The van der Waals surface area contributed by atoms with Crippen LogP contribution in [0.1, 0.15) is 277 Å². The molecule has 0 bridgehead atoms. The molecule has 0 saturated heterocycles. The van der Waals surface area contributed by atoms with Crippen molar-refractivity contribution in [3.05, 3.63) is 97.2 Å². The maximum atomic E-state index is 13.0. The summed E-state index contributed by atoms with van der Waals surface area (Å²) in [5, 5.41) is 13.9. The third-order valence-corrected chi connectivity index (χ3v) is 15.0. The van der Waals surface area contributed by atoms with E-state index in [1.807, 2.05) is 27.2 Å². The van der Waals surface area contributed by atoms with Crippen molar-refractivity contribution in [3.63, 3.8) is 0 Å². The van der Waals surface area contributed by atoms with Gasteiger partial charge in [0.15, 0.2) is 0 Å². The number of aliphatic hydroxyl groups excluding tert-OH is 1. The Hall–Kier alpha value is -2.58. The first kappa shape index (κ1) is 74.4. The summed E-state index contributed by atoms with van der Waals surface area (Å²) < 4.78 is 23.7. The summed E-state index contributed by atoms with van der Waals surface area (Å²) in [4.78, 5) is 23.3. The van der Waals surface area contributed by atoms with Crippen molar-refractivity contribution in [1.29, 1.82) is 0 Å². The van der Waals surface area contributed by atoms with E-state index in [0.717, 1.165) is 83.5 Å². The molecule has 8 nitrogen and oxygen atoms in total. The normalized spacial score (nSPS) is 14.4. The topological polar surface area (TPSA) is 105 Å². The van der Waals surface area contributed by atoms with E-state index in [9.17, 15) is 19.4 Å². The quantitative estimate of drug-likeness (QED) is 0.0243. The number of phosphoric acid groups is 1. The first-order chi connectivity index (χ1) is 37.5. The molecule has 9 heteroatoms. The molecule has 3 unspecified atom stereocenters. The van der Waals surface area contributed by atoms with Crippen molar-refractivity contribution in [1.82, 2.24) is 5.32 Å². The molecule has 0 aromatic carbocycles. The van der Waals surface area contributed by atoms with Gasteiger partial charge in [0.1, 0.15) is 13.2 Å². The molecule has 3 N–H and O–H groups in total. The van der Waals surface area contributed by atoms with Gasteiger partial charge in [0, 0.05) is 6.42 Å². The molecule has 0 aromatic rings.